The number of hydrogen-bond acceptors (Lipinski definition) is 3. The van der Waals surface area contributed by atoms with E-state index in [-0.39, 0.29) is 22.3 Å². The molecule has 0 aliphatic heterocycles. The van der Waals surface area contributed by atoms with Gasteiger partial charge in [0.25, 0.3) is 0 Å². The predicted molar refractivity (Wildman–Crippen MR) is 93.6 cm³/mol. The molecule has 0 bridgehead atoms. The van der Waals surface area contributed by atoms with Gasteiger partial charge in [-0.3, -0.25) is 4.79 Å². The second kappa shape index (κ2) is 6.96. The fourth-order valence-corrected chi connectivity index (χ4v) is 4.83. The van der Waals surface area contributed by atoms with Crippen LogP contribution in [-0.4, -0.2) is 25.5 Å². The standard InChI is InChI=1S/C18H34O3Si/c1-14(19)10-11-15-13-16(20)9-8-12-18(15,5)21-22(6,7)17(2,3)4/h15H,8-13H2,1-7H3/t15-,18+/m1/s1. The fraction of sp³-hybridized carbons (Fsp3) is 0.889. The van der Waals surface area contributed by atoms with Crippen LogP contribution in [0.2, 0.25) is 18.1 Å². The quantitative estimate of drug-likeness (QED) is 0.533. The van der Waals surface area contributed by atoms with E-state index in [4.69, 9.17) is 4.43 Å². The summed E-state index contributed by atoms with van der Waals surface area (Å²) < 4.78 is 6.78. The Bertz CT molecular complexity index is 423. The normalized spacial score (nSPS) is 27.6. The minimum Gasteiger partial charge on any atom is -0.411 e. The van der Waals surface area contributed by atoms with Crippen LogP contribution >= 0.6 is 0 Å². The molecule has 1 fully saturated rings. The van der Waals surface area contributed by atoms with Crippen molar-refractivity contribution in [3.05, 3.63) is 0 Å². The monoisotopic (exact) mass is 326 g/mol. The van der Waals surface area contributed by atoms with Gasteiger partial charge in [0.05, 0.1) is 5.60 Å². The Morgan fingerprint density at radius 3 is 2.45 bits per heavy atom. The van der Waals surface area contributed by atoms with Crippen LogP contribution in [0.5, 0.6) is 0 Å². The van der Waals surface area contributed by atoms with Crippen LogP contribution in [-0.2, 0) is 14.0 Å². The number of ketones is 2. The van der Waals surface area contributed by atoms with Gasteiger partial charge >= 0.3 is 0 Å². The molecular weight excluding hydrogens is 292 g/mol. The zero-order valence-electron chi connectivity index (χ0n) is 15.5. The highest BCUT2D eigenvalue weighted by Crippen LogP contribution is 2.45. The third-order valence-corrected chi connectivity index (χ3v) is 10.2. The van der Waals surface area contributed by atoms with Crippen LogP contribution in [0.3, 0.4) is 0 Å². The first-order valence-corrected chi connectivity index (χ1v) is 11.5. The second-order valence-electron chi connectivity index (χ2n) is 8.71. The van der Waals surface area contributed by atoms with E-state index < -0.39 is 8.32 Å². The van der Waals surface area contributed by atoms with Crippen LogP contribution in [0.25, 0.3) is 0 Å². The molecule has 4 heteroatoms. The van der Waals surface area contributed by atoms with Gasteiger partial charge in [-0.1, -0.05) is 20.8 Å². The van der Waals surface area contributed by atoms with Gasteiger partial charge < -0.3 is 9.22 Å². The van der Waals surface area contributed by atoms with E-state index in [0.717, 1.165) is 19.3 Å². The summed E-state index contributed by atoms with van der Waals surface area (Å²) in [6.07, 6.45) is 4.38. The number of Topliss-reactive ketones (excluding diaryl/α,β-unsaturated/α-hetero) is 2. The van der Waals surface area contributed by atoms with Gasteiger partial charge in [0, 0.05) is 19.3 Å². The second-order valence-corrected chi connectivity index (χ2v) is 13.4. The number of carbonyl (C=O) groups is 2. The molecule has 0 aromatic heterocycles. The lowest BCUT2D eigenvalue weighted by Gasteiger charge is -2.47. The average Bonchev–Trinajstić information content (AvgIpc) is 2.44. The van der Waals surface area contributed by atoms with Gasteiger partial charge in [-0.15, -0.1) is 0 Å². The molecular formula is C18H34O3Si. The third-order valence-electron chi connectivity index (χ3n) is 5.61. The van der Waals surface area contributed by atoms with Crippen molar-refractivity contribution in [2.75, 3.05) is 0 Å². The SMILES string of the molecule is CC(=O)CC[C@@H]1CC(=O)CCC[C@]1(C)O[Si](C)(C)C(C)(C)C. The van der Waals surface area contributed by atoms with Crippen molar-refractivity contribution in [1.82, 2.24) is 0 Å². The first-order chi connectivity index (χ1) is 9.87. The zero-order valence-corrected chi connectivity index (χ0v) is 16.5. The Labute approximate surface area is 137 Å². The molecule has 2 atom stereocenters. The Morgan fingerprint density at radius 2 is 1.95 bits per heavy atom. The third kappa shape index (κ3) is 5.02. The molecule has 0 unspecified atom stereocenters. The highest BCUT2D eigenvalue weighted by atomic mass is 28.4. The van der Waals surface area contributed by atoms with Crippen molar-refractivity contribution < 1.29 is 14.0 Å². The molecule has 0 aromatic carbocycles. The van der Waals surface area contributed by atoms with Crippen LogP contribution in [0.15, 0.2) is 0 Å². The maximum atomic E-state index is 12.1. The summed E-state index contributed by atoms with van der Waals surface area (Å²) in [5, 5.41) is 0.150. The van der Waals surface area contributed by atoms with Gasteiger partial charge in [0.15, 0.2) is 8.32 Å². The first-order valence-electron chi connectivity index (χ1n) is 8.59. The average molecular weight is 327 g/mol. The van der Waals surface area contributed by atoms with Gasteiger partial charge in [-0.25, -0.2) is 0 Å². The number of rotatable bonds is 5. The van der Waals surface area contributed by atoms with Crippen molar-refractivity contribution in [2.24, 2.45) is 5.92 Å². The van der Waals surface area contributed by atoms with Crippen molar-refractivity contribution in [3.8, 4) is 0 Å². The highest BCUT2D eigenvalue weighted by molar-refractivity contribution is 6.74. The van der Waals surface area contributed by atoms with E-state index in [1.165, 1.54) is 0 Å². The Balaban J connectivity index is 3.00. The predicted octanol–water partition coefficient (Wildman–Crippen LogP) is 4.90. The summed E-state index contributed by atoms with van der Waals surface area (Å²) in [6.45, 7) is 15.1. The lowest BCUT2D eigenvalue weighted by molar-refractivity contribution is -0.122. The van der Waals surface area contributed by atoms with Crippen LogP contribution < -0.4 is 0 Å². The largest absolute Gasteiger partial charge is 0.411 e. The van der Waals surface area contributed by atoms with Gasteiger partial charge in [-0.05, 0) is 57.2 Å². The molecule has 0 amide bonds. The van der Waals surface area contributed by atoms with E-state index in [9.17, 15) is 9.59 Å². The minimum absolute atomic E-state index is 0.150. The number of carbonyl (C=O) groups excluding carboxylic acids is 2. The molecule has 1 rings (SSSR count). The minimum atomic E-state index is -1.90. The van der Waals surface area contributed by atoms with Gasteiger partial charge in [-0.2, -0.15) is 0 Å². The van der Waals surface area contributed by atoms with E-state index >= 15 is 0 Å². The fourth-order valence-electron chi connectivity index (χ4n) is 3.09. The van der Waals surface area contributed by atoms with Crippen molar-refractivity contribution in [1.29, 1.82) is 0 Å². The van der Waals surface area contributed by atoms with Gasteiger partial charge in [0.1, 0.15) is 11.6 Å². The van der Waals surface area contributed by atoms with E-state index in [0.29, 0.717) is 25.0 Å². The summed E-state index contributed by atoms with van der Waals surface area (Å²) in [4.78, 5) is 23.5. The lowest BCUT2D eigenvalue weighted by Crippen LogP contribution is -2.51. The van der Waals surface area contributed by atoms with E-state index in [1.54, 1.807) is 6.92 Å². The molecule has 1 aliphatic rings. The molecule has 1 aliphatic carbocycles. The van der Waals surface area contributed by atoms with Crippen molar-refractivity contribution >= 4 is 19.9 Å². The Hall–Kier alpha value is -0.483. The summed E-state index contributed by atoms with van der Waals surface area (Å²) in [5.41, 5.74) is -0.273. The van der Waals surface area contributed by atoms with Crippen molar-refractivity contribution in [3.63, 3.8) is 0 Å². The maximum absolute atomic E-state index is 12.1. The summed E-state index contributed by atoms with van der Waals surface area (Å²) in [7, 11) is -1.90. The summed E-state index contributed by atoms with van der Waals surface area (Å²) in [5.74, 6) is 0.697. The number of hydrogen-bond donors (Lipinski definition) is 0. The molecule has 22 heavy (non-hydrogen) atoms. The highest BCUT2D eigenvalue weighted by Gasteiger charge is 2.46. The summed E-state index contributed by atoms with van der Waals surface area (Å²) in [6, 6.07) is 0. The molecule has 0 spiro atoms. The summed E-state index contributed by atoms with van der Waals surface area (Å²) >= 11 is 0. The molecule has 0 radical (unpaired) electrons. The maximum Gasteiger partial charge on any atom is 0.192 e. The molecule has 0 aromatic rings. The van der Waals surface area contributed by atoms with E-state index in [2.05, 4.69) is 40.8 Å². The first kappa shape index (κ1) is 19.6. The molecule has 0 N–H and O–H groups in total. The topological polar surface area (TPSA) is 43.4 Å². The Kier molecular flexibility index (Phi) is 6.19. The molecule has 0 heterocycles. The Morgan fingerprint density at radius 1 is 1.36 bits per heavy atom. The van der Waals surface area contributed by atoms with Crippen LogP contribution in [0, 0.1) is 5.92 Å². The smallest absolute Gasteiger partial charge is 0.192 e. The molecule has 128 valence electrons. The molecule has 0 saturated heterocycles. The van der Waals surface area contributed by atoms with Crippen LogP contribution in [0.1, 0.15) is 73.1 Å². The van der Waals surface area contributed by atoms with E-state index in [1.807, 2.05) is 0 Å². The lowest BCUT2D eigenvalue weighted by atomic mass is 9.81. The molecule has 3 nitrogen and oxygen atoms in total. The molecule has 1 saturated carbocycles. The zero-order chi connectivity index (χ0) is 17.2. The van der Waals surface area contributed by atoms with Gasteiger partial charge in [0.2, 0.25) is 0 Å². The van der Waals surface area contributed by atoms with Crippen LogP contribution in [0.4, 0.5) is 0 Å². The van der Waals surface area contributed by atoms with Crippen molar-refractivity contribution in [2.45, 2.75) is 96.9 Å².